The molecule has 1 aliphatic carbocycles. The molecule has 1 atom stereocenters. The summed E-state index contributed by atoms with van der Waals surface area (Å²) in [5, 5.41) is 3.36. The Balaban J connectivity index is 1.81. The summed E-state index contributed by atoms with van der Waals surface area (Å²) in [6.45, 7) is 0. The fourth-order valence-corrected chi connectivity index (χ4v) is 2.51. The average Bonchev–Trinajstić information content (AvgIpc) is 2.92. The zero-order chi connectivity index (χ0) is 10.8. The lowest BCUT2D eigenvalue weighted by molar-refractivity contribution is -0.116. The van der Waals surface area contributed by atoms with Crippen molar-refractivity contribution < 1.29 is 4.79 Å². The second-order valence-corrected chi connectivity index (χ2v) is 6.13. The van der Waals surface area contributed by atoms with Crippen LogP contribution in [0.1, 0.15) is 19.3 Å². The number of nitrogens with two attached hydrogens (primary N) is 1. The minimum Gasteiger partial charge on any atom is -0.327 e. The number of halogens is 1. The number of anilines is 1. The molecule has 1 saturated carbocycles. The number of hydrogen-bond donors (Lipinski definition) is 2. The van der Waals surface area contributed by atoms with Crippen LogP contribution in [-0.4, -0.2) is 16.9 Å². The molecule has 0 radical (unpaired) electrons. The molecule has 82 valence electrons. The fraction of sp³-hybridized carbons (Fsp3) is 0.556. The number of amides is 1. The van der Waals surface area contributed by atoms with E-state index in [0.29, 0.717) is 17.5 Å². The van der Waals surface area contributed by atoms with Crippen LogP contribution in [0.4, 0.5) is 5.13 Å². The van der Waals surface area contributed by atoms with Crippen molar-refractivity contribution in [2.45, 2.75) is 25.3 Å². The standard InChI is InChI=1S/C9H12BrN3OS/c10-7-4-12-9(15-7)13-8(14)3-6(11)5-1-2-5/h4-6H,1-3,11H2,(H,12,13,14). The maximum atomic E-state index is 11.5. The largest absolute Gasteiger partial charge is 0.327 e. The van der Waals surface area contributed by atoms with Gasteiger partial charge in [0.25, 0.3) is 0 Å². The van der Waals surface area contributed by atoms with E-state index in [2.05, 4.69) is 26.2 Å². The summed E-state index contributed by atoms with van der Waals surface area (Å²) < 4.78 is 0.907. The molecule has 0 aromatic carbocycles. The van der Waals surface area contributed by atoms with Crippen LogP contribution in [0.15, 0.2) is 9.98 Å². The van der Waals surface area contributed by atoms with E-state index in [4.69, 9.17) is 5.73 Å². The van der Waals surface area contributed by atoms with E-state index < -0.39 is 0 Å². The maximum absolute atomic E-state index is 11.5. The van der Waals surface area contributed by atoms with Gasteiger partial charge in [-0.15, -0.1) is 0 Å². The molecule has 1 unspecified atom stereocenters. The van der Waals surface area contributed by atoms with E-state index in [-0.39, 0.29) is 11.9 Å². The highest BCUT2D eigenvalue weighted by Gasteiger charge is 2.29. The lowest BCUT2D eigenvalue weighted by atomic mass is 10.1. The van der Waals surface area contributed by atoms with E-state index >= 15 is 0 Å². The van der Waals surface area contributed by atoms with Crippen molar-refractivity contribution in [3.05, 3.63) is 9.98 Å². The Morgan fingerprint density at radius 3 is 3.07 bits per heavy atom. The van der Waals surface area contributed by atoms with Crippen molar-refractivity contribution in [2.75, 3.05) is 5.32 Å². The van der Waals surface area contributed by atoms with E-state index in [0.717, 1.165) is 16.6 Å². The summed E-state index contributed by atoms with van der Waals surface area (Å²) in [6.07, 6.45) is 4.39. The summed E-state index contributed by atoms with van der Waals surface area (Å²) in [7, 11) is 0. The Kier molecular flexibility index (Phi) is 3.38. The molecule has 1 fully saturated rings. The Labute approximate surface area is 100 Å². The SMILES string of the molecule is NC(CC(=O)Nc1ncc(Br)s1)C1CC1. The molecule has 1 aliphatic rings. The first-order valence-corrected chi connectivity index (χ1v) is 6.43. The third-order valence-corrected chi connectivity index (χ3v) is 3.76. The van der Waals surface area contributed by atoms with Gasteiger partial charge in [-0.05, 0) is 34.7 Å². The van der Waals surface area contributed by atoms with E-state index in [1.165, 1.54) is 11.3 Å². The zero-order valence-corrected chi connectivity index (χ0v) is 10.5. The van der Waals surface area contributed by atoms with Crippen molar-refractivity contribution >= 4 is 38.3 Å². The minimum atomic E-state index is -0.0451. The molecule has 2 rings (SSSR count). The van der Waals surface area contributed by atoms with Gasteiger partial charge in [0.1, 0.15) is 0 Å². The highest BCUT2D eigenvalue weighted by atomic mass is 79.9. The van der Waals surface area contributed by atoms with Crippen molar-refractivity contribution in [1.29, 1.82) is 0 Å². The van der Waals surface area contributed by atoms with Gasteiger partial charge < -0.3 is 11.1 Å². The Morgan fingerprint density at radius 1 is 1.80 bits per heavy atom. The molecular formula is C9H12BrN3OS. The molecule has 6 heteroatoms. The number of carbonyl (C=O) groups is 1. The van der Waals surface area contributed by atoms with E-state index in [9.17, 15) is 4.79 Å². The lowest BCUT2D eigenvalue weighted by Gasteiger charge is -2.08. The third-order valence-electron chi connectivity index (χ3n) is 2.37. The Hall–Kier alpha value is -0.460. The molecular weight excluding hydrogens is 278 g/mol. The van der Waals surface area contributed by atoms with Crippen LogP contribution in [0, 0.1) is 5.92 Å². The topological polar surface area (TPSA) is 68.0 Å². The van der Waals surface area contributed by atoms with Crippen LogP contribution in [-0.2, 0) is 4.79 Å². The summed E-state index contributed by atoms with van der Waals surface area (Å²) in [5.74, 6) is 0.509. The fourth-order valence-electron chi connectivity index (χ4n) is 1.39. The van der Waals surface area contributed by atoms with Crippen molar-refractivity contribution in [3.8, 4) is 0 Å². The Morgan fingerprint density at radius 2 is 2.53 bits per heavy atom. The van der Waals surface area contributed by atoms with Crippen LogP contribution in [0.3, 0.4) is 0 Å². The van der Waals surface area contributed by atoms with Gasteiger partial charge in [0, 0.05) is 12.5 Å². The number of hydrogen-bond acceptors (Lipinski definition) is 4. The summed E-state index contributed by atoms with van der Waals surface area (Å²) in [4.78, 5) is 15.5. The predicted molar refractivity (Wildman–Crippen MR) is 63.8 cm³/mol. The predicted octanol–water partition coefficient (Wildman–Crippen LogP) is 1.97. The van der Waals surface area contributed by atoms with Gasteiger partial charge in [0.05, 0.1) is 9.98 Å². The number of thiazole rings is 1. The molecule has 0 saturated heterocycles. The second-order valence-electron chi connectivity index (χ2n) is 3.72. The van der Waals surface area contributed by atoms with Gasteiger partial charge in [0.15, 0.2) is 5.13 Å². The van der Waals surface area contributed by atoms with Gasteiger partial charge in [-0.1, -0.05) is 11.3 Å². The maximum Gasteiger partial charge on any atom is 0.227 e. The van der Waals surface area contributed by atoms with E-state index in [1.807, 2.05) is 0 Å². The monoisotopic (exact) mass is 289 g/mol. The number of rotatable bonds is 4. The second kappa shape index (κ2) is 4.59. The molecule has 1 heterocycles. The normalized spacial score (nSPS) is 17.5. The number of carbonyl (C=O) groups excluding carboxylic acids is 1. The first kappa shape index (κ1) is 11.0. The number of nitrogens with one attached hydrogen (secondary N) is 1. The van der Waals surface area contributed by atoms with Gasteiger partial charge in [-0.2, -0.15) is 0 Å². The molecule has 1 aromatic heterocycles. The first-order chi connectivity index (χ1) is 7.15. The molecule has 4 nitrogen and oxygen atoms in total. The van der Waals surface area contributed by atoms with Crippen LogP contribution < -0.4 is 11.1 Å². The van der Waals surface area contributed by atoms with Crippen LogP contribution >= 0.6 is 27.3 Å². The van der Waals surface area contributed by atoms with Crippen molar-refractivity contribution in [3.63, 3.8) is 0 Å². The molecule has 1 aromatic rings. The zero-order valence-electron chi connectivity index (χ0n) is 8.07. The van der Waals surface area contributed by atoms with E-state index in [1.54, 1.807) is 6.20 Å². The Bertz CT molecular complexity index is 364. The quantitative estimate of drug-likeness (QED) is 0.891. The minimum absolute atomic E-state index is 0.00778. The highest BCUT2D eigenvalue weighted by Crippen LogP contribution is 2.33. The van der Waals surface area contributed by atoms with Crippen LogP contribution in [0.5, 0.6) is 0 Å². The van der Waals surface area contributed by atoms with Gasteiger partial charge >= 0.3 is 0 Å². The molecule has 0 aliphatic heterocycles. The smallest absolute Gasteiger partial charge is 0.227 e. The summed E-state index contributed by atoms with van der Waals surface area (Å²) >= 11 is 4.69. The number of nitrogens with zero attached hydrogens (tertiary/aromatic N) is 1. The molecule has 1 amide bonds. The van der Waals surface area contributed by atoms with Gasteiger partial charge in [-0.25, -0.2) is 4.98 Å². The van der Waals surface area contributed by atoms with Crippen molar-refractivity contribution in [1.82, 2.24) is 4.98 Å². The summed E-state index contributed by atoms with van der Waals surface area (Å²) in [6, 6.07) is 0.00778. The molecule has 3 N–H and O–H groups in total. The molecule has 15 heavy (non-hydrogen) atoms. The molecule has 0 bridgehead atoms. The average molecular weight is 290 g/mol. The van der Waals surface area contributed by atoms with Gasteiger partial charge in [0.2, 0.25) is 5.91 Å². The van der Waals surface area contributed by atoms with Gasteiger partial charge in [-0.3, -0.25) is 4.79 Å². The molecule has 0 spiro atoms. The highest BCUT2D eigenvalue weighted by molar-refractivity contribution is 9.11. The van der Waals surface area contributed by atoms with Crippen LogP contribution in [0.25, 0.3) is 0 Å². The lowest BCUT2D eigenvalue weighted by Crippen LogP contribution is -2.28. The van der Waals surface area contributed by atoms with Crippen LogP contribution in [0.2, 0.25) is 0 Å². The third kappa shape index (κ3) is 3.25. The van der Waals surface area contributed by atoms with Crippen molar-refractivity contribution in [2.24, 2.45) is 11.7 Å². The number of aromatic nitrogens is 1. The first-order valence-electron chi connectivity index (χ1n) is 4.82. The summed E-state index contributed by atoms with van der Waals surface area (Å²) in [5.41, 5.74) is 5.85.